The highest BCUT2D eigenvalue weighted by Gasteiger charge is 2.32. The van der Waals surface area contributed by atoms with Crippen LogP contribution >= 0.6 is 15.9 Å². The van der Waals surface area contributed by atoms with Crippen LogP contribution in [0.1, 0.15) is 44.7 Å². The highest BCUT2D eigenvalue weighted by atomic mass is 79.9. The lowest BCUT2D eigenvalue weighted by Crippen LogP contribution is -2.51. The molecule has 1 aromatic heterocycles. The van der Waals surface area contributed by atoms with Crippen molar-refractivity contribution in [1.29, 1.82) is 0 Å². The molecule has 10 heteroatoms. The number of para-hydroxylation sites is 1. The first-order chi connectivity index (χ1) is 19.1. The van der Waals surface area contributed by atoms with E-state index in [0.717, 1.165) is 27.0 Å². The molecule has 0 unspecified atom stereocenters. The van der Waals surface area contributed by atoms with Crippen molar-refractivity contribution in [3.63, 3.8) is 0 Å². The number of aromatic nitrogens is 1. The smallest absolute Gasteiger partial charge is 0.249 e. The van der Waals surface area contributed by atoms with Crippen LogP contribution in [-0.2, 0) is 27.3 Å². The number of benzene rings is 2. The molecule has 3 amide bonds. The third kappa shape index (κ3) is 7.38. The zero-order chi connectivity index (χ0) is 28.9. The monoisotopic (exact) mass is 609 g/mol. The Bertz CT molecular complexity index is 1350. The van der Waals surface area contributed by atoms with E-state index >= 15 is 0 Å². The number of nitrogens with one attached hydrogen (secondary N) is 3. The van der Waals surface area contributed by atoms with Gasteiger partial charge in [0.2, 0.25) is 18.2 Å². The standard InChI is InChI=1S/C30H36BrN5O4/c1-20(38)16-33-30(2,3)15-28(39)34-25-13-10-22-6-4-5-7-26(22)36(29(25)40)17-21-8-11-24(12-9-21)35-18-23(31)14-27(35)32-19-37/h4-9,11-12,14,18-20,25,33,38H,10,13,15-17H2,1-3H3,(H,32,37)(H,34,39)/t20-,25-/m1/s1. The molecule has 40 heavy (non-hydrogen) atoms. The predicted molar refractivity (Wildman–Crippen MR) is 159 cm³/mol. The van der Waals surface area contributed by atoms with Crippen molar-refractivity contribution in [2.75, 3.05) is 16.8 Å². The maximum Gasteiger partial charge on any atom is 0.249 e. The van der Waals surface area contributed by atoms with E-state index in [1.54, 1.807) is 11.8 Å². The van der Waals surface area contributed by atoms with E-state index in [9.17, 15) is 19.5 Å². The van der Waals surface area contributed by atoms with Crippen molar-refractivity contribution in [1.82, 2.24) is 15.2 Å². The van der Waals surface area contributed by atoms with Gasteiger partial charge in [0.25, 0.3) is 0 Å². The Kier molecular flexibility index (Phi) is 9.44. The molecule has 0 bridgehead atoms. The van der Waals surface area contributed by atoms with Crippen LogP contribution in [0.25, 0.3) is 5.69 Å². The van der Waals surface area contributed by atoms with Crippen LogP contribution in [0.4, 0.5) is 11.5 Å². The van der Waals surface area contributed by atoms with Crippen molar-refractivity contribution in [2.45, 2.75) is 64.3 Å². The van der Waals surface area contributed by atoms with Crippen molar-refractivity contribution < 1.29 is 19.5 Å². The molecule has 0 saturated heterocycles. The quantitative estimate of drug-likeness (QED) is 0.246. The van der Waals surface area contributed by atoms with Crippen molar-refractivity contribution in [3.05, 3.63) is 76.4 Å². The third-order valence-electron chi connectivity index (χ3n) is 6.91. The number of rotatable bonds is 11. The molecule has 3 aromatic rings. The van der Waals surface area contributed by atoms with E-state index in [0.29, 0.717) is 38.2 Å². The lowest BCUT2D eigenvalue weighted by atomic mass is 9.99. The summed E-state index contributed by atoms with van der Waals surface area (Å²) in [6, 6.07) is 16.8. The van der Waals surface area contributed by atoms with E-state index in [-0.39, 0.29) is 18.2 Å². The minimum absolute atomic E-state index is 0.149. The molecule has 2 atom stereocenters. The molecule has 0 saturated carbocycles. The SMILES string of the molecule is C[C@@H](O)CNC(C)(C)CC(=O)N[C@@H]1CCc2ccccc2N(Cc2ccc(-n3cc(Br)cc3NC=O)cc2)C1=O. The highest BCUT2D eigenvalue weighted by molar-refractivity contribution is 9.10. The predicted octanol–water partition coefficient (Wildman–Crippen LogP) is 3.91. The van der Waals surface area contributed by atoms with E-state index < -0.39 is 17.7 Å². The second-order valence-electron chi connectivity index (χ2n) is 10.8. The van der Waals surface area contributed by atoms with Crippen molar-refractivity contribution in [2.24, 2.45) is 0 Å². The minimum atomic E-state index is -0.652. The fourth-order valence-electron chi connectivity index (χ4n) is 4.91. The average molecular weight is 611 g/mol. The molecule has 212 valence electrons. The Balaban J connectivity index is 1.52. The van der Waals surface area contributed by atoms with E-state index in [2.05, 4.69) is 31.9 Å². The Morgan fingerprint density at radius 2 is 1.93 bits per heavy atom. The first-order valence-corrected chi connectivity index (χ1v) is 14.1. The molecular formula is C30H36BrN5O4. The molecule has 2 heterocycles. The number of carbonyl (C=O) groups excluding carboxylic acids is 3. The van der Waals surface area contributed by atoms with E-state index in [1.807, 2.05) is 79.2 Å². The number of aliphatic hydroxyl groups excluding tert-OH is 1. The van der Waals surface area contributed by atoms with E-state index in [1.165, 1.54) is 0 Å². The number of halogens is 1. The maximum atomic E-state index is 13.8. The van der Waals surface area contributed by atoms with Crippen LogP contribution in [0.3, 0.4) is 0 Å². The first kappa shape index (κ1) is 29.5. The van der Waals surface area contributed by atoms with Gasteiger partial charge in [-0.1, -0.05) is 30.3 Å². The fraction of sp³-hybridized carbons (Fsp3) is 0.367. The van der Waals surface area contributed by atoms with Gasteiger partial charge in [0.05, 0.1) is 12.6 Å². The summed E-state index contributed by atoms with van der Waals surface area (Å²) in [4.78, 5) is 39.6. The second kappa shape index (κ2) is 12.8. The molecule has 4 rings (SSSR count). The topological polar surface area (TPSA) is 116 Å². The van der Waals surface area contributed by atoms with Gasteiger partial charge in [0, 0.05) is 40.5 Å². The molecular weight excluding hydrogens is 574 g/mol. The average Bonchev–Trinajstić information content (AvgIpc) is 3.22. The number of aryl methyl sites for hydroxylation is 1. The normalized spacial score (nSPS) is 16.2. The van der Waals surface area contributed by atoms with Gasteiger partial charge in [-0.25, -0.2) is 0 Å². The molecule has 0 fully saturated rings. The van der Waals surface area contributed by atoms with Gasteiger partial charge in [-0.05, 0) is 84.9 Å². The summed E-state index contributed by atoms with van der Waals surface area (Å²) in [5.41, 5.74) is 3.16. The summed E-state index contributed by atoms with van der Waals surface area (Å²) >= 11 is 3.45. The van der Waals surface area contributed by atoms with Gasteiger partial charge >= 0.3 is 0 Å². The minimum Gasteiger partial charge on any atom is -0.392 e. The summed E-state index contributed by atoms with van der Waals surface area (Å²) in [5, 5.41) is 18.5. The van der Waals surface area contributed by atoms with Crippen molar-refractivity contribution in [3.8, 4) is 5.69 Å². The Hall–Kier alpha value is -3.47. The van der Waals surface area contributed by atoms with Gasteiger partial charge < -0.3 is 30.5 Å². The maximum absolute atomic E-state index is 13.8. The Morgan fingerprint density at radius 1 is 1.20 bits per heavy atom. The molecule has 0 radical (unpaired) electrons. The van der Waals surface area contributed by atoms with Gasteiger partial charge in [0.1, 0.15) is 11.9 Å². The summed E-state index contributed by atoms with van der Waals surface area (Å²) in [6.07, 6.45) is 3.33. The highest BCUT2D eigenvalue weighted by Crippen LogP contribution is 2.29. The summed E-state index contributed by atoms with van der Waals surface area (Å²) < 4.78 is 2.69. The molecule has 2 aromatic carbocycles. The summed E-state index contributed by atoms with van der Waals surface area (Å²) in [5.74, 6) is 0.271. The largest absolute Gasteiger partial charge is 0.392 e. The molecule has 9 nitrogen and oxygen atoms in total. The van der Waals surface area contributed by atoms with Crippen LogP contribution in [0.15, 0.2) is 65.3 Å². The Morgan fingerprint density at radius 3 is 2.62 bits per heavy atom. The Labute approximate surface area is 243 Å². The van der Waals surface area contributed by atoms with Crippen LogP contribution in [0.5, 0.6) is 0 Å². The van der Waals surface area contributed by atoms with Crippen LogP contribution in [-0.4, -0.2) is 52.1 Å². The molecule has 1 aliphatic heterocycles. The summed E-state index contributed by atoms with van der Waals surface area (Å²) in [7, 11) is 0. The number of fused-ring (bicyclic) bond motifs is 1. The number of carbonyl (C=O) groups is 3. The van der Waals surface area contributed by atoms with Gasteiger partial charge in [0.15, 0.2) is 0 Å². The van der Waals surface area contributed by atoms with Crippen LogP contribution in [0.2, 0.25) is 0 Å². The first-order valence-electron chi connectivity index (χ1n) is 13.4. The molecule has 0 spiro atoms. The number of hydrogen-bond acceptors (Lipinski definition) is 5. The van der Waals surface area contributed by atoms with Crippen LogP contribution in [0, 0.1) is 0 Å². The van der Waals surface area contributed by atoms with Gasteiger partial charge in [-0.15, -0.1) is 0 Å². The van der Waals surface area contributed by atoms with Crippen molar-refractivity contribution >= 4 is 45.7 Å². The number of anilines is 2. The molecule has 4 N–H and O–H groups in total. The number of hydrogen-bond donors (Lipinski definition) is 4. The lowest BCUT2D eigenvalue weighted by molar-refractivity contribution is -0.128. The fourth-order valence-corrected chi connectivity index (χ4v) is 5.33. The second-order valence-corrected chi connectivity index (χ2v) is 11.8. The number of aliphatic hydroxyl groups is 1. The third-order valence-corrected chi connectivity index (χ3v) is 7.34. The molecule has 1 aliphatic rings. The van der Waals surface area contributed by atoms with Crippen LogP contribution < -0.4 is 20.9 Å². The zero-order valence-electron chi connectivity index (χ0n) is 23.0. The summed E-state index contributed by atoms with van der Waals surface area (Å²) in [6.45, 7) is 6.22. The number of amides is 3. The zero-order valence-corrected chi connectivity index (χ0v) is 24.6. The number of β-amino-alcohol motifs (C(OH)–C–C–N with tert-alkyl or cyclic N) is 1. The molecule has 0 aliphatic carbocycles. The van der Waals surface area contributed by atoms with E-state index in [4.69, 9.17) is 0 Å². The van der Waals surface area contributed by atoms with Gasteiger partial charge in [-0.2, -0.15) is 0 Å². The number of nitrogens with zero attached hydrogens (tertiary/aromatic N) is 2. The van der Waals surface area contributed by atoms with Gasteiger partial charge in [-0.3, -0.25) is 14.4 Å². The lowest BCUT2D eigenvalue weighted by Gasteiger charge is -2.29.